The molecule has 6 nitrogen and oxygen atoms in total. The van der Waals surface area contributed by atoms with Crippen LogP contribution < -0.4 is 5.32 Å². The highest BCUT2D eigenvalue weighted by Gasteiger charge is 2.46. The number of rotatable bonds is 4. The van der Waals surface area contributed by atoms with E-state index in [4.69, 9.17) is 4.74 Å². The molecule has 1 aromatic heterocycles. The van der Waals surface area contributed by atoms with Gasteiger partial charge in [0, 0.05) is 31.7 Å². The van der Waals surface area contributed by atoms with Crippen molar-refractivity contribution in [2.24, 2.45) is 0 Å². The third-order valence-electron chi connectivity index (χ3n) is 6.02. The lowest BCUT2D eigenvalue weighted by Gasteiger charge is -2.31. The van der Waals surface area contributed by atoms with Gasteiger partial charge in [-0.3, -0.25) is 4.79 Å². The number of carbonyl (C=O) groups excluding carboxylic acids is 1. The third kappa shape index (κ3) is 3.86. The average molecular weight is 400 g/mol. The number of aromatic nitrogens is 2. The minimum Gasteiger partial charge on any atom is -0.378 e. The Balaban J connectivity index is 1.49. The standard InChI is InChI=1S/C19H27F3N4O2/c1-12-10-16(19(20,21)22)26-17(23-12)11-14(24-26)15-5-2-8-25(15)18(27)7-6-13-4-3-9-28-13/h11-13,15-16,23H,2-10H2,1H3/t12-,13-,15-,16-/m1/s1. The zero-order chi connectivity index (χ0) is 19.9. The van der Waals surface area contributed by atoms with Crippen LogP contribution in [0.15, 0.2) is 6.07 Å². The third-order valence-corrected chi connectivity index (χ3v) is 6.02. The van der Waals surface area contributed by atoms with Gasteiger partial charge >= 0.3 is 6.18 Å². The van der Waals surface area contributed by atoms with E-state index < -0.39 is 12.2 Å². The Morgan fingerprint density at radius 3 is 2.89 bits per heavy atom. The monoisotopic (exact) mass is 400 g/mol. The Bertz CT molecular complexity index is 715. The molecule has 1 amide bonds. The highest BCUT2D eigenvalue weighted by Crippen LogP contribution is 2.41. The van der Waals surface area contributed by atoms with Crippen molar-refractivity contribution >= 4 is 11.7 Å². The van der Waals surface area contributed by atoms with Crippen LogP contribution in [0.25, 0.3) is 0 Å². The van der Waals surface area contributed by atoms with Gasteiger partial charge in [0.25, 0.3) is 0 Å². The summed E-state index contributed by atoms with van der Waals surface area (Å²) in [6.07, 6.45) is 0.478. The molecule has 9 heteroatoms. The van der Waals surface area contributed by atoms with Crippen LogP contribution in [0.5, 0.6) is 0 Å². The number of likely N-dealkylation sites (tertiary alicyclic amines) is 1. The van der Waals surface area contributed by atoms with Gasteiger partial charge in [-0.05, 0) is 45.4 Å². The molecule has 0 unspecified atom stereocenters. The van der Waals surface area contributed by atoms with Crippen LogP contribution in [0, 0.1) is 0 Å². The Labute approximate surface area is 162 Å². The molecule has 0 aliphatic carbocycles. The van der Waals surface area contributed by atoms with Gasteiger partial charge in [0.2, 0.25) is 5.91 Å². The first kappa shape index (κ1) is 19.5. The van der Waals surface area contributed by atoms with Gasteiger partial charge in [-0.2, -0.15) is 18.3 Å². The van der Waals surface area contributed by atoms with Crippen LogP contribution in [0.3, 0.4) is 0 Å². The first-order chi connectivity index (χ1) is 13.3. The van der Waals surface area contributed by atoms with Crippen molar-refractivity contribution in [3.8, 4) is 0 Å². The summed E-state index contributed by atoms with van der Waals surface area (Å²) in [5.74, 6) is 0.424. The quantitative estimate of drug-likeness (QED) is 0.835. The summed E-state index contributed by atoms with van der Waals surface area (Å²) in [5.41, 5.74) is 0.550. The number of hydrogen-bond donors (Lipinski definition) is 1. The van der Waals surface area contributed by atoms with E-state index >= 15 is 0 Å². The number of halogens is 3. The number of ether oxygens (including phenoxy) is 1. The van der Waals surface area contributed by atoms with Gasteiger partial charge in [-0.25, -0.2) is 4.68 Å². The second kappa shape index (κ2) is 7.57. The second-order valence-corrected chi connectivity index (χ2v) is 8.16. The number of alkyl halides is 3. The Kier molecular flexibility index (Phi) is 5.28. The van der Waals surface area contributed by atoms with Crippen LogP contribution in [0.4, 0.5) is 19.0 Å². The molecule has 0 saturated carbocycles. The smallest absolute Gasteiger partial charge is 0.378 e. The molecule has 0 radical (unpaired) electrons. The number of fused-ring (bicyclic) bond motifs is 1. The maximum absolute atomic E-state index is 13.5. The summed E-state index contributed by atoms with van der Waals surface area (Å²) >= 11 is 0. The van der Waals surface area contributed by atoms with Crippen molar-refractivity contribution in [3.63, 3.8) is 0 Å². The molecule has 4 rings (SSSR count). The summed E-state index contributed by atoms with van der Waals surface area (Å²) in [6, 6.07) is -0.472. The molecule has 1 N–H and O–H groups in total. The van der Waals surface area contributed by atoms with E-state index in [1.165, 1.54) is 0 Å². The topological polar surface area (TPSA) is 59.4 Å². The molecule has 4 heterocycles. The lowest BCUT2D eigenvalue weighted by Crippen LogP contribution is -2.38. The zero-order valence-electron chi connectivity index (χ0n) is 16.0. The number of carbonyl (C=O) groups is 1. The van der Waals surface area contributed by atoms with E-state index in [2.05, 4.69) is 10.4 Å². The largest absolute Gasteiger partial charge is 0.410 e. The predicted molar refractivity (Wildman–Crippen MR) is 96.9 cm³/mol. The van der Waals surface area contributed by atoms with Crippen molar-refractivity contribution in [3.05, 3.63) is 11.8 Å². The van der Waals surface area contributed by atoms with Crippen LogP contribution >= 0.6 is 0 Å². The molecule has 1 aromatic rings. The fourth-order valence-electron chi connectivity index (χ4n) is 4.61. The lowest BCUT2D eigenvalue weighted by molar-refractivity contribution is -0.173. The Morgan fingerprint density at radius 2 is 2.18 bits per heavy atom. The van der Waals surface area contributed by atoms with Crippen LogP contribution in [0.2, 0.25) is 0 Å². The van der Waals surface area contributed by atoms with Gasteiger partial charge in [-0.15, -0.1) is 0 Å². The van der Waals surface area contributed by atoms with Crippen LogP contribution in [-0.4, -0.2) is 52.1 Å². The molecule has 0 aromatic carbocycles. The van der Waals surface area contributed by atoms with Crippen molar-refractivity contribution < 1.29 is 22.7 Å². The Morgan fingerprint density at radius 1 is 1.36 bits per heavy atom. The van der Waals surface area contributed by atoms with Crippen LogP contribution in [0.1, 0.15) is 69.6 Å². The number of hydrogen-bond acceptors (Lipinski definition) is 4. The van der Waals surface area contributed by atoms with Gasteiger partial charge in [0.05, 0.1) is 17.8 Å². The molecule has 156 valence electrons. The highest BCUT2D eigenvalue weighted by atomic mass is 19.4. The SMILES string of the molecule is C[C@@H]1C[C@H](C(F)(F)F)n2nc([C@H]3CCCN3C(=O)CC[C@H]3CCCO3)cc2N1. The van der Waals surface area contributed by atoms with Crippen molar-refractivity contribution in [2.45, 2.75) is 82.3 Å². The van der Waals surface area contributed by atoms with Crippen molar-refractivity contribution in [2.75, 3.05) is 18.5 Å². The van der Waals surface area contributed by atoms with E-state index in [0.717, 1.165) is 37.0 Å². The highest BCUT2D eigenvalue weighted by molar-refractivity contribution is 5.77. The summed E-state index contributed by atoms with van der Waals surface area (Å²) in [7, 11) is 0. The predicted octanol–water partition coefficient (Wildman–Crippen LogP) is 3.81. The summed E-state index contributed by atoms with van der Waals surface area (Å²) in [6.45, 7) is 3.13. The van der Waals surface area contributed by atoms with Gasteiger partial charge in [0.15, 0.2) is 6.04 Å². The number of nitrogens with one attached hydrogen (secondary N) is 1. The fraction of sp³-hybridized carbons (Fsp3) is 0.789. The minimum atomic E-state index is -4.35. The number of amides is 1. The lowest BCUT2D eigenvalue weighted by atomic mass is 10.1. The average Bonchev–Trinajstić information content (AvgIpc) is 3.36. The molecule has 2 fully saturated rings. The van der Waals surface area contributed by atoms with E-state index in [1.54, 1.807) is 17.9 Å². The van der Waals surface area contributed by atoms with Crippen LogP contribution in [-0.2, 0) is 9.53 Å². The maximum Gasteiger partial charge on any atom is 0.410 e. The van der Waals surface area contributed by atoms with Gasteiger partial charge in [0.1, 0.15) is 5.82 Å². The molecular weight excluding hydrogens is 373 g/mol. The molecule has 4 atom stereocenters. The van der Waals surface area contributed by atoms with E-state index in [-0.39, 0.29) is 30.5 Å². The number of anilines is 1. The zero-order valence-corrected chi connectivity index (χ0v) is 16.0. The maximum atomic E-state index is 13.5. The van der Waals surface area contributed by atoms with Gasteiger partial charge in [-0.1, -0.05) is 0 Å². The first-order valence-corrected chi connectivity index (χ1v) is 10.2. The normalized spacial score (nSPS) is 30.4. The van der Waals surface area contributed by atoms with Gasteiger partial charge < -0.3 is 15.0 Å². The van der Waals surface area contributed by atoms with E-state index in [9.17, 15) is 18.0 Å². The van der Waals surface area contributed by atoms with Crippen molar-refractivity contribution in [1.82, 2.24) is 14.7 Å². The summed E-state index contributed by atoms with van der Waals surface area (Å²) < 4.78 is 47.0. The summed E-state index contributed by atoms with van der Waals surface area (Å²) in [5, 5.41) is 7.39. The molecule has 28 heavy (non-hydrogen) atoms. The second-order valence-electron chi connectivity index (χ2n) is 8.16. The molecule has 0 spiro atoms. The summed E-state index contributed by atoms with van der Waals surface area (Å²) in [4.78, 5) is 14.5. The van der Waals surface area contributed by atoms with E-state index in [0.29, 0.717) is 30.9 Å². The van der Waals surface area contributed by atoms with Crippen molar-refractivity contribution in [1.29, 1.82) is 0 Å². The molecule has 3 aliphatic heterocycles. The van der Waals surface area contributed by atoms with E-state index in [1.807, 2.05) is 0 Å². The minimum absolute atomic E-state index is 0.0395. The Hall–Kier alpha value is -1.77. The molecular formula is C19H27F3N4O2. The molecule has 3 aliphatic rings. The molecule has 2 saturated heterocycles. The first-order valence-electron chi connectivity index (χ1n) is 10.2. The number of nitrogens with zero attached hydrogens (tertiary/aromatic N) is 3. The molecule has 0 bridgehead atoms. The fourth-order valence-corrected chi connectivity index (χ4v) is 4.61.